The summed E-state index contributed by atoms with van der Waals surface area (Å²) in [7, 11) is -3.74. The first kappa shape index (κ1) is 16.3. The molecule has 0 aliphatic rings. The van der Waals surface area contributed by atoms with Crippen LogP contribution in [0, 0.1) is 21.4 Å². The van der Waals surface area contributed by atoms with E-state index in [1.165, 1.54) is 0 Å². The maximum absolute atomic E-state index is 11.3. The summed E-state index contributed by atoms with van der Waals surface area (Å²) in [6.07, 6.45) is -0.513. The first-order valence-corrected chi connectivity index (χ1v) is 6.65. The predicted molar refractivity (Wildman–Crippen MR) is 68.3 cm³/mol. The summed E-state index contributed by atoms with van der Waals surface area (Å²) in [5.74, 6) is -0.966. The number of hydrogen-bond donors (Lipinski definition) is 2. The van der Waals surface area contributed by atoms with E-state index in [9.17, 15) is 23.3 Å². The largest absolute Gasteiger partial charge is 0.494 e. The van der Waals surface area contributed by atoms with Crippen molar-refractivity contribution in [3.8, 4) is 11.8 Å². The lowest BCUT2D eigenvalue weighted by Gasteiger charge is -2.10. The number of nitrogens with zero attached hydrogens (tertiary/aromatic N) is 2. The molecule has 0 saturated carbocycles. The molecule has 0 atom stereocenters. The van der Waals surface area contributed by atoms with Crippen LogP contribution in [-0.2, 0) is 14.9 Å². The molecule has 0 heterocycles. The zero-order valence-electron chi connectivity index (χ0n) is 10.6. The van der Waals surface area contributed by atoms with Crippen LogP contribution >= 0.6 is 0 Å². The molecule has 0 aliphatic carbocycles. The summed E-state index contributed by atoms with van der Waals surface area (Å²) < 4.78 is 36.1. The van der Waals surface area contributed by atoms with Crippen molar-refractivity contribution >= 4 is 27.4 Å². The van der Waals surface area contributed by atoms with E-state index < -0.39 is 38.0 Å². The van der Waals surface area contributed by atoms with E-state index in [0.29, 0.717) is 6.07 Å². The van der Waals surface area contributed by atoms with Crippen molar-refractivity contribution in [2.75, 3.05) is 12.4 Å². The van der Waals surface area contributed by atoms with Gasteiger partial charge < -0.3 is 10.1 Å². The zero-order chi connectivity index (χ0) is 16.2. The first-order valence-electron chi connectivity index (χ1n) is 5.21. The molecule has 0 aromatic heterocycles. The monoisotopic (exact) mass is 315 g/mol. The number of amides is 1. The van der Waals surface area contributed by atoms with Crippen LogP contribution in [0.4, 0.5) is 11.4 Å². The lowest BCUT2D eigenvalue weighted by Crippen LogP contribution is -2.13. The van der Waals surface area contributed by atoms with Gasteiger partial charge in [0.05, 0.1) is 29.9 Å². The van der Waals surface area contributed by atoms with E-state index in [1.54, 1.807) is 6.07 Å². The summed E-state index contributed by atoms with van der Waals surface area (Å²) in [6, 6.07) is 2.99. The highest BCUT2D eigenvalue weighted by Gasteiger charge is 2.27. The molecule has 0 saturated heterocycles. The molecule has 0 bridgehead atoms. The van der Waals surface area contributed by atoms with Crippen LogP contribution in [0.15, 0.2) is 17.0 Å². The van der Waals surface area contributed by atoms with Crippen molar-refractivity contribution in [3.05, 3.63) is 22.2 Å². The number of carbonyl (C=O) groups excluding carboxylic acids is 1. The molecule has 0 fully saturated rings. The topological polar surface area (TPSA) is 160 Å². The van der Waals surface area contributed by atoms with Crippen LogP contribution in [0.5, 0.6) is 5.75 Å². The van der Waals surface area contributed by atoms with Crippen LogP contribution in [-0.4, -0.2) is 30.9 Å². The Morgan fingerprint density at radius 1 is 1.57 bits per heavy atom. The fourth-order valence-electron chi connectivity index (χ4n) is 1.43. The predicted octanol–water partition coefficient (Wildman–Crippen LogP) is 0.702. The minimum Gasteiger partial charge on any atom is -0.494 e. The average molecular weight is 315 g/mol. The number of nitro groups is 1. The van der Waals surface area contributed by atoms with Gasteiger partial charge in [0, 0.05) is 0 Å². The molecule has 10 nitrogen and oxygen atoms in total. The number of ether oxygens (including phenoxy) is 1. The summed E-state index contributed by atoms with van der Waals surface area (Å²) in [6.45, 7) is 0. The molecule has 11 heteroatoms. The number of hydrogen-bond acceptors (Lipinski definition) is 7. The van der Waals surface area contributed by atoms with Crippen molar-refractivity contribution < 1.29 is 27.4 Å². The van der Waals surface area contributed by atoms with Crippen molar-refractivity contribution in [2.24, 2.45) is 0 Å². The Kier molecular flexibility index (Phi) is 4.79. The Hall–Kier alpha value is -2.71. The quantitative estimate of drug-likeness (QED) is 0.456. The van der Waals surface area contributed by atoms with E-state index in [2.05, 4.69) is 5.32 Å². The minimum atomic E-state index is -4.89. The highest BCUT2D eigenvalue weighted by atomic mass is 32.2. The van der Waals surface area contributed by atoms with Crippen LogP contribution in [0.25, 0.3) is 0 Å². The number of methoxy groups -OCH3 is 1. The molecular formula is C10H9N3O7S. The maximum Gasteiger partial charge on any atom is 0.301 e. The molecule has 1 aromatic carbocycles. The smallest absolute Gasteiger partial charge is 0.301 e. The SMILES string of the molecule is COc1cc([N+](=O)[O-])c(S(=O)(=O)O)cc1NC(=O)CC#N. The second-order valence-electron chi connectivity index (χ2n) is 3.64. The Bertz CT molecular complexity index is 736. The van der Waals surface area contributed by atoms with Gasteiger partial charge in [-0.2, -0.15) is 13.7 Å². The van der Waals surface area contributed by atoms with E-state index >= 15 is 0 Å². The number of benzene rings is 1. The summed E-state index contributed by atoms with van der Waals surface area (Å²) in [4.78, 5) is 20.1. The van der Waals surface area contributed by atoms with Gasteiger partial charge >= 0.3 is 10.1 Å². The van der Waals surface area contributed by atoms with Gasteiger partial charge in [-0.1, -0.05) is 0 Å². The van der Waals surface area contributed by atoms with Gasteiger partial charge in [0.15, 0.2) is 4.90 Å². The standard InChI is InChI=1S/C10H9N3O7S/c1-20-8-5-7(13(15)16)9(21(17,18)19)4-6(8)12-10(14)2-3-11/h4-5H,2H2,1H3,(H,12,14)(H,17,18,19). The van der Waals surface area contributed by atoms with Crippen molar-refractivity contribution in [3.63, 3.8) is 0 Å². The highest BCUT2D eigenvalue weighted by molar-refractivity contribution is 7.86. The number of rotatable bonds is 5. The second-order valence-corrected chi connectivity index (χ2v) is 5.03. The van der Waals surface area contributed by atoms with Gasteiger partial charge in [0.25, 0.3) is 5.69 Å². The highest BCUT2D eigenvalue weighted by Crippen LogP contribution is 2.35. The maximum atomic E-state index is 11.3. The molecule has 1 amide bonds. The molecule has 112 valence electrons. The van der Waals surface area contributed by atoms with Crippen LogP contribution in [0.2, 0.25) is 0 Å². The van der Waals surface area contributed by atoms with Gasteiger partial charge in [-0.25, -0.2) is 0 Å². The summed E-state index contributed by atoms with van der Waals surface area (Å²) in [5.41, 5.74) is -1.14. The van der Waals surface area contributed by atoms with Crippen molar-refractivity contribution in [2.45, 2.75) is 11.3 Å². The number of nitriles is 1. The normalized spacial score (nSPS) is 10.5. The van der Waals surface area contributed by atoms with Gasteiger partial charge in [-0.05, 0) is 6.07 Å². The van der Waals surface area contributed by atoms with Gasteiger partial charge in [0.1, 0.15) is 12.2 Å². The van der Waals surface area contributed by atoms with Crippen LogP contribution in [0.1, 0.15) is 6.42 Å². The Balaban J connectivity index is 3.49. The minimum absolute atomic E-state index is 0.194. The Labute approximate surface area is 118 Å². The molecule has 2 N–H and O–H groups in total. The van der Waals surface area contributed by atoms with E-state index in [-0.39, 0.29) is 11.4 Å². The second kappa shape index (κ2) is 6.16. The van der Waals surface area contributed by atoms with Crippen LogP contribution < -0.4 is 10.1 Å². The summed E-state index contributed by atoms with van der Waals surface area (Å²) in [5, 5.41) is 21.3. The van der Waals surface area contributed by atoms with E-state index in [1.807, 2.05) is 0 Å². The third-order valence-corrected chi connectivity index (χ3v) is 3.15. The fraction of sp³-hybridized carbons (Fsp3) is 0.200. The molecule has 0 radical (unpaired) electrons. The van der Waals surface area contributed by atoms with Crippen molar-refractivity contribution in [1.29, 1.82) is 5.26 Å². The Morgan fingerprint density at radius 3 is 2.62 bits per heavy atom. The van der Waals surface area contributed by atoms with Gasteiger partial charge in [0.2, 0.25) is 5.91 Å². The molecule has 1 rings (SSSR count). The molecular weight excluding hydrogens is 306 g/mol. The lowest BCUT2D eigenvalue weighted by molar-refractivity contribution is -0.387. The van der Waals surface area contributed by atoms with Gasteiger partial charge in [-0.15, -0.1) is 0 Å². The molecule has 0 aliphatic heterocycles. The van der Waals surface area contributed by atoms with Crippen LogP contribution in [0.3, 0.4) is 0 Å². The first-order chi connectivity index (χ1) is 9.70. The number of carbonyl (C=O) groups is 1. The van der Waals surface area contributed by atoms with E-state index in [4.69, 9.17) is 14.6 Å². The zero-order valence-corrected chi connectivity index (χ0v) is 11.4. The molecule has 1 aromatic rings. The third kappa shape index (κ3) is 3.88. The summed E-state index contributed by atoms with van der Waals surface area (Å²) >= 11 is 0. The third-order valence-electron chi connectivity index (χ3n) is 2.27. The van der Waals surface area contributed by atoms with Crippen molar-refractivity contribution in [1.82, 2.24) is 0 Å². The number of nitrogens with one attached hydrogen (secondary N) is 1. The number of nitro benzene ring substituents is 1. The molecule has 0 spiro atoms. The lowest BCUT2D eigenvalue weighted by atomic mass is 10.2. The fourth-order valence-corrected chi connectivity index (χ4v) is 2.10. The van der Waals surface area contributed by atoms with Gasteiger partial charge in [-0.3, -0.25) is 19.5 Å². The molecule has 21 heavy (non-hydrogen) atoms. The molecule has 0 unspecified atom stereocenters. The Morgan fingerprint density at radius 2 is 2.19 bits per heavy atom. The number of anilines is 1. The average Bonchev–Trinajstić information content (AvgIpc) is 2.37. The van der Waals surface area contributed by atoms with E-state index in [0.717, 1.165) is 13.2 Å².